The Morgan fingerprint density at radius 2 is 1.90 bits per heavy atom. The fourth-order valence-corrected chi connectivity index (χ4v) is 3.89. The first-order valence-electron chi connectivity index (χ1n) is 9.26. The molecule has 0 aliphatic carbocycles. The average Bonchev–Trinajstić information content (AvgIpc) is 3.19. The van der Waals surface area contributed by atoms with Gasteiger partial charge in [0, 0.05) is 19.2 Å². The second-order valence-electron chi connectivity index (χ2n) is 6.70. The zero-order valence-electron chi connectivity index (χ0n) is 16.6. The standard InChI is InChI=1S/C20H23N2O7P/c1-26-18-5-3-14(12-19(18)27-2)15(13-21)11-17-4-6-20(28-17)22-9-7-16(8-10-22)29-30(23,24)25/h3-6,11-12,16H,7-10H2,1-2H3,(H2,23,24,25)/b15-11+. The fourth-order valence-electron chi connectivity index (χ4n) is 3.29. The Balaban J connectivity index is 1.72. The smallest absolute Gasteiger partial charge is 0.469 e. The van der Waals surface area contributed by atoms with Crippen molar-refractivity contribution in [1.82, 2.24) is 0 Å². The lowest BCUT2D eigenvalue weighted by Gasteiger charge is -2.31. The minimum Gasteiger partial charge on any atom is -0.493 e. The Bertz CT molecular complexity index is 997. The first-order chi connectivity index (χ1) is 14.3. The van der Waals surface area contributed by atoms with Crippen LogP contribution >= 0.6 is 7.82 Å². The Morgan fingerprint density at radius 3 is 2.50 bits per heavy atom. The SMILES string of the molecule is COc1ccc(/C(C#N)=C/c2ccc(N3CCC(OP(=O)(O)O)CC3)o2)cc1OC. The Hall–Kier alpha value is -2.76. The summed E-state index contributed by atoms with van der Waals surface area (Å²) < 4.78 is 32.1. The lowest BCUT2D eigenvalue weighted by molar-refractivity contribution is 0.114. The molecule has 2 N–H and O–H groups in total. The van der Waals surface area contributed by atoms with Crippen LogP contribution in [0.5, 0.6) is 11.5 Å². The van der Waals surface area contributed by atoms with Gasteiger partial charge >= 0.3 is 7.82 Å². The number of nitriles is 1. The first-order valence-corrected chi connectivity index (χ1v) is 10.8. The summed E-state index contributed by atoms with van der Waals surface area (Å²) >= 11 is 0. The molecule has 1 saturated heterocycles. The largest absolute Gasteiger partial charge is 0.493 e. The molecule has 1 aromatic heterocycles. The first kappa shape index (κ1) is 21.9. The van der Waals surface area contributed by atoms with Gasteiger partial charge in [-0.15, -0.1) is 0 Å². The van der Waals surface area contributed by atoms with E-state index in [1.165, 1.54) is 7.11 Å². The number of nitrogens with zero attached hydrogens (tertiary/aromatic N) is 2. The topological polar surface area (TPSA) is 125 Å². The number of anilines is 1. The predicted octanol–water partition coefficient (Wildman–Crippen LogP) is 3.44. The number of hydrogen-bond donors (Lipinski definition) is 2. The minimum atomic E-state index is -4.48. The van der Waals surface area contributed by atoms with E-state index in [4.69, 9.17) is 28.2 Å². The van der Waals surface area contributed by atoms with Crippen molar-refractivity contribution in [2.75, 3.05) is 32.2 Å². The molecule has 2 heterocycles. The number of rotatable bonds is 7. The summed E-state index contributed by atoms with van der Waals surface area (Å²) in [5.74, 6) is 2.24. The molecule has 0 radical (unpaired) electrons. The maximum Gasteiger partial charge on any atom is 0.469 e. The molecule has 9 nitrogen and oxygen atoms in total. The van der Waals surface area contributed by atoms with E-state index in [1.54, 1.807) is 43.5 Å². The summed E-state index contributed by atoms with van der Waals surface area (Å²) in [7, 11) is -1.40. The molecule has 160 valence electrons. The number of hydrogen-bond acceptors (Lipinski definition) is 7. The van der Waals surface area contributed by atoms with Crippen molar-refractivity contribution in [3.63, 3.8) is 0 Å². The van der Waals surface area contributed by atoms with E-state index in [0.29, 0.717) is 60.2 Å². The fraction of sp³-hybridized carbons (Fsp3) is 0.350. The summed E-state index contributed by atoms with van der Waals surface area (Å²) in [6, 6.07) is 11.0. The quantitative estimate of drug-likeness (QED) is 0.498. The van der Waals surface area contributed by atoms with Gasteiger partial charge < -0.3 is 28.6 Å². The predicted molar refractivity (Wildman–Crippen MR) is 110 cm³/mol. The molecule has 0 spiro atoms. The van der Waals surface area contributed by atoms with Gasteiger partial charge in [0.25, 0.3) is 0 Å². The molecule has 0 amide bonds. The van der Waals surface area contributed by atoms with E-state index >= 15 is 0 Å². The molecule has 0 unspecified atom stereocenters. The number of allylic oxidation sites excluding steroid dienone is 1. The van der Waals surface area contributed by atoms with Crippen LogP contribution in [-0.4, -0.2) is 43.2 Å². The maximum atomic E-state index is 11.0. The van der Waals surface area contributed by atoms with Crippen molar-refractivity contribution in [1.29, 1.82) is 5.26 Å². The molecule has 30 heavy (non-hydrogen) atoms. The van der Waals surface area contributed by atoms with E-state index in [1.807, 2.05) is 4.90 Å². The van der Waals surface area contributed by atoms with Crippen molar-refractivity contribution < 1.29 is 32.8 Å². The van der Waals surface area contributed by atoms with Crippen LogP contribution in [-0.2, 0) is 9.09 Å². The van der Waals surface area contributed by atoms with Gasteiger partial charge in [-0.1, -0.05) is 0 Å². The molecule has 1 aliphatic heterocycles. The molecular weight excluding hydrogens is 411 g/mol. The minimum absolute atomic E-state index is 0.408. The van der Waals surface area contributed by atoms with Gasteiger partial charge in [0.2, 0.25) is 0 Å². The van der Waals surface area contributed by atoms with Crippen LogP contribution in [0.4, 0.5) is 5.88 Å². The van der Waals surface area contributed by atoms with E-state index in [9.17, 15) is 9.83 Å². The van der Waals surface area contributed by atoms with E-state index in [2.05, 4.69) is 6.07 Å². The van der Waals surface area contributed by atoms with Gasteiger partial charge in [-0.3, -0.25) is 4.52 Å². The zero-order chi connectivity index (χ0) is 21.7. The molecule has 1 fully saturated rings. The van der Waals surface area contributed by atoms with Crippen LogP contribution in [0, 0.1) is 11.3 Å². The van der Waals surface area contributed by atoms with Crippen LogP contribution in [0.25, 0.3) is 11.6 Å². The van der Waals surface area contributed by atoms with E-state index < -0.39 is 13.9 Å². The van der Waals surface area contributed by atoms with Crippen LogP contribution < -0.4 is 14.4 Å². The Labute approximate surface area is 174 Å². The second-order valence-corrected chi connectivity index (χ2v) is 7.89. The average molecular weight is 434 g/mol. The molecule has 0 bridgehead atoms. The summed E-state index contributed by atoms with van der Waals surface area (Å²) in [4.78, 5) is 19.8. The number of phosphoric ester groups is 1. The third kappa shape index (κ3) is 5.43. The van der Waals surface area contributed by atoms with Gasteiger partial charge in [0.05, 0.1) is 32.0 Å². The van der Waals surface area contributed by atoms with E-state index in [-0.39, 0.29) is 0 Å². The van der Waals surface area contributed by atoms with Crippen LogP contribution in [0.15, 0.2) is 34.7 Å². The zero-order valence-corrected chi connectivity index (χ0v) is 17.5. The van der Waals surface area contributed by atoms with Crippen molar-refractivity contribution in [2.45, 2.75) is 18.9 Å². The highest BCUT2D eigenvalue weighted by atomic mass is 31.2. The molecule has 0 saturated carbocycles. The lowest BCUT2D eigenvalue weighted by Crippen LogP contribution is -2.36. The Kier molecular flexibility index (Phi) is 6.85. The normalized spacial score (nSPS) is 15.7. The Morgan fingerprint density at radius 1 is 1.20 bits per heavy atom. The van der Waals surface area contributed by atoms with Crippen molar-refractivity contribution in [2.24, 2.45) is 0 Å². The molecular formula is C20H23N2O7P. The van der Waals surface area contributed by atoms with Crippen LogP contribution in [0.2, 0.25) is 0 Å². The maximum absolute atomic E-state index is 11.0. The van der Waals surface area contributed by atoms with Crippen LogP contribution in [0.1, 0.15) is 24.2 Å². The number of methoxy groups -OCH3 is 2. The summed E-state index contributed by atoms with van der Waals surface area (Å²) in [5.41, 5.74) is 1.08. The molecule has 10 heteroatoms. The van der Waals surface area contributed by atoms with E-state index in [0.717, 1.165) is 0 Å². The van der Waals surface area contributed by atoms with Gasteiger partial charge in [-0.2, -0.15) is 5.26 Å². The summed E-state index contributed by atoms with van der Waals surface area (Å²) in [6.07, 6.45) is 2.12. The molecule has 1 aromatic carbocycles. The summed E-state index contributed by atoms with van der Waals surface area (Å²) in [5, 5.41) is 9.59. The third-order valence-electron chi connectivity index (χ3n) is 4.75. The lowest BCUT2D eigenvalue weighted by atomic mass is 10.1. The van der Waals surface area contributed by atoms with Gasteiger partial charge in [0.15, 0.2) is 17.4 Å². The van der Waals surface area contributed by atoms with Crippen LogP contribution in [0.3, 0.4) is 0 Å². The highest BCUT2D eigenvalue weighted by Gasteiger charge is 2.27. The van der Waals surface area contributed by atoms with Crippen molar-refractivity contribution in [3.05, 3.63) is 41.7 Å². The number of phosphoric acid groups is 1. The highest BCUT2D eigenvalue weighted by molar-refractivity contribution is 7.46. The molecule has 1 aliphatic rings. The van der Waals surface area contributed by atoms with Gasteiger partial charge in [-0.05, 0) is 48.7 Å². The monoisotopic (exact) mass is 434 g/mol. The third-order valence-corrected chi connectivity index (χ3v) is 5.33. The van der Waals surface area contributed by atoms with Gasteiger partial charge in [0.1, 0.15) is 5.76 Å². The number of benzene rings is 1. The summed E-state index contributed by atoms with van der Waals surface area (Å²) in [6.45, 7) is 1.09. The number of furan rings is 1. The number of ether oxygens (including phenoxy) is 2. The highest BCUT2D eigenvalue weighted by Crippen LogP contribution is 2.40. The second kappa shape index (κ2) is 9.37. The molecule has 2 aromatic rings. The molecule has 0 atom stereocenters. The van der Waals surface area contributed by atoms with Crippen molar-refractivity contribution in [3.8, 4) is 17.6 Å². The van der Waals surface area contributed by atoms with Crippen molar-refractivity contribution >= 4 is 25.4 Å². The number of piperidine rings is 1. The van der Waals surface area contributed by atoms with Gasteiger partial charge in [-0.25, -0.2) is 4.57 Å². The molecule has 3 rings (SSSR count).